The van der Waals surface area contributed by atoms with Crippen molar-refractivity contribution in [1.82, 2.24) is 14.9 Å². The fraction of sp³-hybridized carbons (Fsp3) is 0.706. The average molecular weight is 381 g/mol. The first-order chi connectivity index (χ1) is 12.4. The van der Waals surface area contributed by atoms with Crippen molar-refractivity contribution < 1.29 is 19.9 Å². The fourth-order valence-corrected chi connectivity index (χ4v) is 3.09. The van der Waals surface area contributed by atoms with Crippen molar-refractivity contribution in [2.75, 3.05) is 37.6 Å². The summed E-state index contributed by atoms with van der Waals surface area (Å²) in [6, 6.07) is 1.79. The van der Waals surface area contributed by atoms with Crippen LogP contribution in [0.15, 0.2) is 18.5 Å². The van der Waals surface area contributed by atoms with Crippen LogP contribution in [0.5, 0.6) is 0 Å². The van der Waals surface area contributed by atoms with Crippen LogP contribution in [0.25, 0.3) is 0 Å². The van der Waals surface area contributed by atoms with E-state index in [-0.39, 0.29) is 13.7 Å². The van der Waals surface area contributed by atoms with E-state index in [0.717, 1.165) is 32.1 Å². The van der Waals surface area contributed by atoms with E-state index in [2.05, 4.69) is 19.8 Å². The molecule has 0 aromatic carbocycles. The minimum Gasteiger partial charge on any atom is -0.480 e. The Bertz CT molecular complexity index is 558. The molecule has 1 atom stereocenters. The lowest BCUT2D eigenvalue weighted by Crippen LogP contribution is -2.52. The Morgan fingerprint density at radius 2 is 1.78 bits per heavy atom. The SMILES string of the molecule is C.NC(CCCCB(O)O)(CCN1CCN(c2ncccn2)CC1)C(=O)O. The molecule has 10 heteroatoms. The smallest absolute Gasteiger partial charge is 0.451 e. The summed E-state index contributed by atoms with van der Waals surface area (Å²) in [6.07, 6.45) is 5.47. The second kappa shape index (κ2) is 11.2. The number of aromatic nitrogens is 2. The zero-order valence-electron chi connectivity index (χ0n) is 15.0. The number of hydrogen-bond acceptors (Lipinski definition) is 8. The molecule has 0 aliphatic carbocycles. The van der Waals surface area contributed by atoms with E-state index < -0.39 is 18.6 Å². The highest BCUT2D eigenvalue weighted by Gasteiger charge is 2.34. The predicted octanol–water partition coefficient (Wildman–Crippen LogP) is 0.0500. The summed E-state index contributed by atoms with van der Waals surface area (Å²) >= 11 is 0. The van der Waals surface area contributed by atoms with Gasteiger partial charge in [-0.05, 0) is 25.2 Å². The van der Waals surface area contributed by atoms with Crippen LogP contribution in [0.1, 0.15) is 33.1 Å². The molecule has 1 fully saturated rings. The van der Waals surface area contributed by atoms with Crippen LogP contribution in [0.2, 0.25) is 6.32 Å². The van der Waals surface area contributed by atoms with E-state index in [0.29, 0.717) is 32.2 Å². The van der Waals surface area contributed by atoms with Gasteiger partial charge >= 0.3 is 13.1 Å². The van der Waals surface area contributed by atoms with Gasteiger partial charge in [0.25, 0.3) is 0 Å². The molecular weight excluding hydrogens is 349 g/mol. The highest BCUT2D eigenvalue weighted by molar-refractivity contribution is 6.40. The first-order valence-corrected chi connectivity index (χ1v) is 9.03. The quantitative estimate of drug-likeness (QED) is 0.327. The molecule has 1 saturated heterocycles. The standard InChI is InChI=1S/C16H28BN5O4.CH4/c18-16(14(23)24,4-1-2-6-17(25)26)5-9-21-10-12-22(13-11-21)15-19-7-3-8-20-15;/h3,7-8,25-26H,1-2,4-6,9-13,18H2,(H,23,24);1H4. The summed E-state index contributed by atoms with van der Waals surface area (Å²) in [7, 11) is -1.35. The van der Waals surface area contributed by atoms with E-state index in [4.69, 9.17) is 15.8 Å². The maximum absolute atomic E-state index is 11.6. The normalized spacial score (nSPS) is 17.1. The van der Waals surface area contributed by atoms with Gasteiger partial charge in [0.05, 0.1) is 0 Å². The molecule has 0 amide bonds. The van der Waals surface area contributed by atoms with Crippen molar-refractivity contribution in [3.8, 4) is 0 Å². The van der Waals surface area contributed by atoms with E-state index in [1.807, 2.05) is 0 Å². The topological polar surface area (TPSA) is 136 Å². The van der Waals surface area contributed by atoms with Gasteiger partial charge in [0.15, 0.2) is 0 Å². The van der Waals surface area contributed by atoms with Crippen molar-refractivity contribution in [2.24, 2.45) is 5.73 Å². The maximum Gasteiger partial charge on any atom is 0.451 e. The number of carboxylic acids is 1. The molecule has 0 saturated carbocycles. The van der Waals surface area contributed by atoms with E-state index >= 15 is 0 Å². The molecule has 27 heavy (non-hydrogen) atoms. The molecule has 9 nitrogen and oxygen atoms in total. The predicted molar refractivity (Wildman–Crippen MR) is 105 cm³/mol. The van der Waals surface area contributed by atoms with Crippen LogP contribution in [-0.4, -0.2) is 81.4 Å². The molecule has 5 N–H and O–H groups in total. The Morgan fingerprint density at radius 3 is 2.33 bits per heavy atom. The number of nitrogens with zero attached hydrogens (tertiary/aromatic N) is 4. The number of hydrogen-bond donors (Lipinski definition) is 4. The highest BCUT2D eigenvalue weighted by Crippen LogP contribution is 2.19. The van der Waals surface area contributed by atoms with Crippen molar-refractivity contribution in [3.63, 3.8) is 0 Å². The lowest BCUT2D eigenvalue weighted by molar-refractivity contribution is -0.144. The molecule has 152 valence electrons. The van der Waals surface area contributed by atoms with Gasteiger partial charge in [-0.25, -0.2) is 9.97 Å². The van der Waals surface area contributed by atoms with Gasteiger partial charge in [-0.1, -0.05) is 20.3 Å². The molecule has 1 aromatic heterocycles. The van der Waals surface area contributed by atoms with Gasteiger partial charge in [0.2, 0.25) is 5.95 Å². The number of rotatable bonds is 10. The summed E-state index contributed by atoms with van der Waals surface area (Å²) in [5, 5.41) is 27.2. The molecule has 0 bridgehead atoms. The second-order valence-electron chi connectivity index (χ2n) is 6.82. The molecule has 0 radical (unpaired) electrons. The molecule has 2 rings (SSSR count). The van der Waals surface area contributed by atoms with Crippen LogP contribution < -0.4 is 10.6 Å². The molecule has 2 heterocycles. The molecule has 1 unspecified atom stereocenters. The van der Waals surface area contributed by atoms with Crippen LogP contribution >= 0.6 is 0 Å². The summed E-state index contributed by atoms with van der Waals surface area (Å²) < 4.78 is 0. The lowest BCUT2D eigenvalue weighted by atomic mass is 9.81. The van der Waals surface area contributed by atoms with Gasteiger partial charge in [0.1, 0.15) is 5.54 Å². The number of carbonyl (C=O) groups is 1. The van der Waals surface area contributed by atoms with E-state index in [1.54, 1.807) is 18.5 Å². The van der Waals surface area contributed by atoms with Crippen LogP contribution in [0, 0.1) is 0 Å². The van der Waals surface area contributed by atoms with Gasteiger partial charge in [0, 0.05) is 45.1 Å². The van der Waals surface area contributed by atoms with Crippen molar-refractivity contribution in [3.05, 3.63) is 18.5 Å². The average Bonchev–Trinajstić information content (AvgIpc) is 2.64. The molecule has 1 aliphatic rings. The largest absolute Gasteiger partial charge is 0.480 e. The third-order valence-electron chi connectivity index (χ3n) is 4.84. The summed E-state index contributed by atoms with van der Waals surface area (Å²) in [5.74, 6) is -0.282. The van der Waals surface area contributed by atoms with Gasteiger partial charge < -0.3 is 25.8 Å². The summed E-state index contributed by atoms with van der Waals surface area (Å²) in [6.45, 7) is 3.83. The van der Waals surface area contributed by atoms with Crippen LogP contribution in [0.4, 0.5) is 5.95 Å². The van der Waals surface area contributed by atoms with Gasteiger partial charge in [-0.2, -0.15) is 0 Å². The highest BCUT2D eigenvalue weighted by atomic mass is 16.4. The fourth-order valence-electron chi connectivity index (χ4n) is 3.09. The first-order valence-electron chi connectivity index (χ1n) is 9.03. The molecule has 1 aliphatic heterocycles. The molecule has 0 spiro atoms. The first kappa shape index (κ1) is 23.3. The third-order valence-corrected chi connectivity index (χ3v) is 4.84. The summed E-state index contributed by atoms with van der Waals surface area (Å²) in [4.78, 5) is 24.4. The van der Waals surface area contributed by atoms with Crippen LogP contribution in [0.3, 0.4) is 0 Å². The number of nitrogens with two attached hydrogens (primary N) is 1. The van der Waals surface area contributed by atoms with Crippen molar-refractivity contribution >= 4 is 19.0 Å². The lowest BCUT2D eigenvalue weighted by Gasteiger charge is -2.36. The van der Waals surface area contributed by atoms with Crippen molar-refractivity contribution in [1.29, 1.82) is 0 Å². The Morgan fingerprint density at radius 1 is 1.15 bits per heavy atom. The molecule has 1 aromatic rings. The number of anilines is 1. The second-order valence-corrected chi connectivity index (χ2v) is 6.82. The number of piperazine rings is 1. The van der Waals surface area contributed by atoms with Gasteiger partial charge in [-0.15, -0.1) is 0 Å². The Balaban J connectivity index is 0.00000364. The number of carboxylic acid groups (broad SMARTS) is 1. The minimum atomic E-state index is -1.35. The maximum atomic E-state index is 11.6. The Kier molecular flexibility index (Phi) is 9.64. The zero-order chi connectivity index (χ0) is 19.0. The van der Waals surface area contributed by atoms with E-state index in [9.17, 15) is 9.90 Å². The Hall–Kier alpha value is -1.75. The Labute approximate surface area is 161 Å². The minimum absolute atomic E-state index is 0. The third kappa shape index (κ3) is 7.41. The molecular formula is C17H32BN5O4. The summed E-state index contributed by atoms with van der Waals surface area (Å²) in [5.41, 5.74) is 4.83. The number of unbranched alkanes of at least 4 members (excludes halogenated alkanes) is 1. The monoisotopic (exact) mass is 381 g/mol. The zero-order valence-corrected chi connectivity index (χ0v) is 15.0. The number of aliphatic carboxylic acids is 1. The van der Waals surface area contributed by atoms with Gasteiger partial charge in [-0.3, -0.25) is 9.69 Å². The van der Waals surface area contributed by atoms with E-state index in [1.165, 1.54) is 0 Å². The van der Waals surface area contributed by atoms with Crippen molar-refractivity contribution in [2.45, 2.75) is 45.0 Å². The van der Waals surface area contributed by atoms with Crippen LogP contribution in [-0.2, 0) is 4.79 Å².